The predicted molar refractivity (Wildman–Crippen MR) is 42.8 cm³/mol. The summed E-state index contributed by atoms with van der Waals surface area (Å²) in [6.07, 6.45) is -3.98. The number of hydrogen-bond acceptors (Lipinski definition) is 4. The summed E-state index contributed by atoms with van der Waals surface area (Å²) in [4.78, 5) is 13.8. The minimum atomic E-state index is -4.59. The van der Waals surface area contributed by atoms with Crippen LogP contribution >= 0.6 is 11.3 Å². The van der Waals surface area contributed by atoms with E-state index in [9.17, 15) is 18.0 Å². The molecule has 1 N–H and O–H groups in total. The molecule has 0 aliphatic rings. The van der Waals surface area contributed by atoms with Crippen LogP contribution in [-0.4, -0.2) is 25.7 Å². The second-order valence-electron chi connectivity index (χ2n) is 2.55. The standard InChI is InChI=1S/C6H2F3N3O2S/c7-6(8,9)2-1-10-5-12(2)11-3(15-5)4(13)14/h1H,(H,13,14). The lowest BCUT2D eigenvalue weighted by atomic mass is 10.5. The fourth-order valence-electron chi connectivity index (χ4n) is 0.972. The van der Waals surface area contributed by atoms with Gasteiger partial charge in [-0.05, 0) is 0 Å². The van der Waals surface area contributed by atoms with Crippen molar-refractivity contribution in [1.82, 2.24) is 14.6 Å². The second kappa shape index (κ2) is 2.92. The van der Waals surface area contributed by atoms with E-state index in [0.29, 0.717) is 22.0 Å². The van der Waals surface area contributed by atoms with Gasteiger partial charge in [0, 0.05) is 0 Å². The van der Waals surface area contributed by atoms with Gasteiger partial charge < -0.3 is 5.11 Å². The van der Waals surface area contributed by atoms with Crippen molar-refractivity contribution in [1.29, 1.82) is 0 Å². The zero-order valence-corrected chi connectivity index (χ0v) is 7.63. The lowest BCUT2D eigenvalue weighted by molar-refractivity contribution is -0.142. The maximum absolute atomic E-state index is 12.3. The normalized spacial score (nSPS) is 12.2. The Morgan fingerprint density at radius 3 is 2.73 bits per heavy atom. The Morgan fingerprint density at radius 1 is 1.53 bits per heavy atom. The fourth-order valence-corrected chi connectivity index (χ4v) is 1.69. The Labute approximate surface area is 83.8 Å². The number of nitrogens with zero attached hydrogens (tertiary/aromatic N) is 3. The van der Waals surface area contributed by atoms with Gasteiger partial charge in [-0.3, -0.25) is 0 Å². The number of carboxylic acid groups (broad SMARTS) is 1. The summed E-state index contributed by atoms with van der Waals surface area (Å²) in [5.41, 5.74) is -1.08. The third-order valence-electron chi connectivity index (χ3n) is 1.56. The summed E-state index contributed by atoms with van der Waals surface area (Å²) in [5.74, 6) is -1.38. The smallest absolute Gasteiger partial charge is 0.435 e. The van der Waals surface area contributed by atoms with Crippen LogP contribution < -0.4 is 0 Å². The van der Waals surface area contributed by atoms with Crippen LogP contribution in [0.3, 0.4) is 0 Å². The molecule has 0 aliphatic carbocycles. The molecule has 0 bridgehead atoms. The lowest BCUT2D eigenvalue weighted by Gasteiger charge is -2.01. The molecule has 0 aliphatic heterocycles. The number of aromatic nitrogens is 3. The monoisotopic (exact) mass is 237 g/mol. The highest BCUT2D eigenvalue weighted by Crippen LogP contribution is 2.30. The highest BCUT2D eigenvalue weighted by atomic mass is 32.1. The zero-order chi connectivity index (χ0) is 11.2. The molecule has 2 aromatic heterocycles. The highest BCUT2D eigenvalue weighted by Gasteiger charge is 2.36. The quantitative estimate of drug-likeness (QED) is 0.816. The Kier molecular flexibility index (Phi) is 1.93. The molecule has 0 saturated heterocycles. The van der Waals surface area contributed by atoms with Crippen molar-refractivity contribution < 1.29 is 23.1 Å². The van der Waals surface area contributed by atoms with E-state index >= 15 is 0 Å². The van der Waals surface area contributed by atoms with Crippen LogP contribution in [0.1, 0.15) is 15.5 Å². The van der Waals surface area contributed by atoms with Crippen molar-refractivity contribution in [3.05, 3.63) is 16.9 Å². The largest absolute Gasteiger partial charge is 0.476 e. The summed E-state index contributed by atoms with van der Waals surface area (Å²) in [6, 6.07) is 0. The average Bonchev–Trinajstić information content (AvgIpc) is 2.56. The van der Waals surface area contributed by atoms with E-state index in [0.717, 1.165) is 0 Å². The van der Waals surface area contributed by atoms with Crippen LogP contribution in [-0.2, 0) is 6.18 Å². The van der Waals surface area contributed by atoms with Gasteiger partial charge in [0.15, 0.2) is 5.69 Å². The predicted octanol–water partition coefficient (Wildman–Crippen LogP) is 1.51. The van der Waals surface area contributed by atoms with Gasteiger partial charge in [-0.1, -0.05) is 11.3 Å². The van der Waals surface area contributed by atoms with Gasteiger partial charge >= 0.3 is 12.1 Å². The number of hydrogen-bond donors (Lipinski definition) is 1. The Bertz CT molecular complexity index is 529. The fraction of sp³-hybridized carbons (Fsp3) is 0.167. The first kappa shape index (κ1) is 9.90. The van der Waals surface area contributed by atoms with Crippen LogP contribution in [0, 0.1) is 0 Å². The number of imidazole rings is 1. The molecule has 2 heterocycles. The SMILES string of the molecule is O=C(O)c1nn2c(C(F)(F)F)cnc2s1. The molecule has 0 atom stereocenters. The summed E-state index contributed by atoms with van der Waals surface area (Å²) >= 11 is 0.584. The molecular formula is C6H2F3N3O2S. The molecule has 0 aromatic carbocycles. The molecule has 0 radical (unpaired) electrons. The van der Waals surface area contributed by atoms with E-state index in [2.05, 4.69) is 10.1 Å². The Balaban J connectivity index is 2.64. The summed E-state index contributed by atoms with van der Waals surface area (Å²) in [5, 5.41) is 11.4. The van der Waals surface area contributed by atoms with Gasteiger partial charge in [-0.15, -0.1) is 5.10 Å². The van der Waals surface area contributed by atoms with Gasteiger partial charge in [-0.25, -0.2) is 9.78 Å². The molecule has 15 heavy (non-hydrogen) atoms. The van der Waals surface area contributed by atoms with Gasteiger partial charge in [0.05, 0.1) is 6.20 Å². The summed E-state index contributed by atoms with van der Waals surface area (Å²) in [6.45, 7) is 0. The second-order valence-corrected chi connectivity index (χ2v) is 3.50. The van der Waals surface area contributed by atoms with E-state index in [-0.39, 0.29) is 4.96 Å². The van der Waals surface area contributed by atoms with E-state index in [1.807, 2.05) is 0 Å². The van der Waals surface area contributed by atoms with Gasteiger partial charge in [0.1, 0.15) is 0 Å². The van der Waals surface area contributed by atoms with Crippen molar-refractivity contribution in [3.8, 4) is 0 Å². The number of fused-ring (bicyclic) bond motifs is 1. The minimum Gasteiger partial charge on any atom is -0.476 e. The molecule has 0 unspecified atom stereocenters. The van der Waals surface area contributed by atoms with E-state index in [4.69, 9.17) is 5.11 Å². The van der Waals surface area contributed by atoms with Crippen molar-refractivity contribution >= 4 is 22.3 Å². The zero-order valence-electron chi connectivity index (χ0n) is 6.82. The van der Waals surface area contributed by atoms with Crippen LogP contribution in [0.4, 0.5) is 13.2 Å². The number of carboxylic acids is 1. The molecule has 0 spiro atoms. The minimum absolute atomic E-state index is 0.0975. The number of alkyl halides is 3. The third kappa shape index (κ3) is 1.54. The first-order valence-electron chi connectivity index (χ1n) is 3.54. The lowest BCUT2D eigenvalue weighted by Crippen LogP contribution is -2.10. The molecule has 2 aromatic rings. The molecular weight excluding hydrogens is 235 g/mol. The van der Waals surface area contributed by atoms with Crippen LogP contribution in [0.15, 0.2) is 6.20 Å². The van der Waals surface area contributed by atoms with Crippen molar-refractivity contribution in [2.75, 3.05) is 0 Å². The van der Waals surface area contributed by atoms with Crippen LogP contribution in [0.2, 0.25) is 0 Å². The van der Waals surface area contributed by atoms with Crippen LogP contribution in [0.5, 0.6) is 0 Å². The molecule has 5 nitrogen and oxygen atoms in total. The summed E-state index contributed by atoms with van der Waals surface area (Å²) < 4.78 is 37.4. The van der Waals surface area contributed by atoms with E-state index < -0.39 is 22.8 Å². The topological polar surface area (TPSA) is 67.5 Å². The maximum Gasteiger partial charge on any atom is 0.435 e. The highest BCUT2D eigenvalue weighted by molar-refractivity contribution is 7.18. The molecule has 0 fully saturated rings. The average molecular weight is 237 g/mol. The maximum atomic E-state index is 12.3. The van der Waals surface area contributed by atoms with Crippen molar-refractivity contribution in [3.63, 3.8) is 0 Å². The summed E-state index contributed by atoms with van der Waals surface area (Å²) in [7, 11) is 0. The number of carbonyl (C=O) groups is 1. The Morgan fingerprint density at radius 2 is 2.20 bits per heavy atom. The molecule has 0 amide bonds. The molecule has 2 rings (SSSR count). The van der Waals surface area contributed by atoms with Gasteiger partial charge in [-0.2, -0.15) is 17.7 Å². The third-order valence-corrected chi connectivity index (χ3v) is 2.47. The molecule has 0 saturated carbocycles. The molecule has 80 valence electrons. The van der Waals surface area contributed by atoms with E-state index in [1.54, 1.807) is 0 Å². The van der Waals surface area contributed by atoms with Gasteiger partial charge in [0.2, 0.25) is 9.97 Å². The van der Waals surface area contributed by atoms with Gasteiger partial charge in [0.25, 0.3) is 0 Å². The number of halogens is 3. The Hall–Kier alpha value is -1.64. The number of aromatic carboxylic acids is 1. The van der Waals surface area contributed by atoms with Crippen molar-refractivity contribution in [2.24, 2.45) is 0 Å². The van der Waals surface area contributed by atoms with Crippen LogP contribution in [0.25, 0.3) is 4.96 Å². The molecule has 9 heteroatoms. The van der Waals surface area contributed by atoms with Crippen molar-refractivity contribution in [2.45, 2.75) is 6.18 Å². The first-order valence-corrected chi connectivity index (χ1v) is 4.36. The first-order chi connectivity index (χ1) is 6.89. The number of rotatable bonds is 1. The van der Waals surface area contributed by atoms with E-state index in [1.165, 1.54) is 0 Å².